The summed E-state index contributed by atoms with van der Waals surface area (Å²) in [5.74, 6) is -1.02. The van der Waals surface area contributed by atoms with Crippen LogP contribution >= 0.6 is 0 Å². The lowest BCUT2D eigenvalue weighted by Crippen LogP contribution is -2.45. The second-order valence-corrected chi connectivity index (χ2v) is 8.34. The first-order valence-corrected chi connectivity index (χ1v) is 10.5. The number of halogens is 1. The van der Waals surface area contributed by atoms with Crippen LogP contribution in [-0.4, -0.2) is 20.4 Å². The number of anilines is 1. The van der Waals surface area contributed by atoms with Gasteiger partial charge in [0, 0.05) is 5.69 Å². The van der Waals surface area contributed by atoms with Crippen LogP contribution in [-0.2, 0) is 21.2 Å². The molecule has 5 nitrogen and oxygen atoms in total. The summed E-state index contributed by atoms with van der Waals surface area (Å²) in [7, 11) is -4.02. The molecule has 0 aliphatic carbocycles. The van der Waals surface area contributed by atoms with Gasteiger partial charge in [0.05, 0.1) is 4.90 Å². The minimum Gasteiger partial charge on any atom is -0.324 e. The normalized spacial score (nSPS) is 12.3. The zero-order valence-corrected chi connectivity index (χ0v) is 16.6. The van der Waals surface area contributed by atoms with Crippen molar-refractivity contribution in [1.82, 2.24) is 4.72 Å². The van der Waals surface area contributed by atoms with Crippen molar-refractivity contribution in [3.05, 3.63) is 95.8 Å². The van der Waals surface area contributed by atoms with Crippen LogP contribution in [0.5, 0.6) is 0 Å². The fourth-order valence-electron chi connectivity index (χ4n) is 2.84. The van der Waals surface area contributed by atoms with Gasteiger partial charge in [-0.15, -0.1) is 0 Å². The van der Waals surface area contributed by atoms with Crippen LogP contribution in [0.2, 0.25) is 0 Å². The van der Waals surface area contributed by atoms with Crippen LogP contribution in [0.1, 0.15) is 11.1 Å². The lowest BCUT2D eigenvalue weighted by Gasteiger charge is -2.19. The van der Waals surface area contributed by atoms with Crippen molar-refractivity contribution in [1.29, 1.82) is 0 Å². The molecule has 0 spiro atoms. The van der Waals surface area contributed by atoms with Gasteiger partial charge >= 0.3 is 0 Å². The van der Waals surface area contributed by atoms with Gasteiger partial charge in [0.25, 0.3) is 0 Å². The number of benzene rings is 3. The zero-order chi connectivity index (χ0) is 20.9. The van der Waals surface area contributed by atoms with Crippen molar-refractivity contribution in [2.45, 2.75) is 24.3 Å². The Morgan fingerprint density at radius 2 is 1.55 bits per heavy atom. The van der Waals surface area contributed by atoms with Gasteiger partial charge in [-0.2, -0.15) is 4.72 Å². The van der Waals surface area contributed by atoms with Crippen LogP contribution in [0.25, 0.3) is 0 Å². The van der Waals surface area contributed by atoms with Gasteiger partial charge in [-0.25, -0.2) is 12.8 Å². The zero-order valence-electron chi connectivity index (χ0n) is 15.8. The molecule has 3 rings (SSSR count). The molecule has 0 saturated carbocycles. The third-order valence-corrected chi connectivity index (χ3v) is 5.91. The Bertz CT molecular complexity index is 1080. The van der Waals surface area contributed by atoms with Crippen LogP contribution in [0.15, 0.2) is 83.8 Å². The van der Waals surface area contributed by atoms with E-state index in [4.69, 9.17) is 0 Å². The summed E-state index contributed by atoms with van der Waals surface area (Å²) in [5.41, 5.74) is 2.27. The fraction of sp³-hybridized carbons (Fsp3) is 0.136. The van der Waals surface area contributed by atoms with Crippen LogP contribution in [0.3, 0.4) is 0 Å². The summed E-state index contributed by atoms with van der Waals surface area (Å²) in [6.45, 7) is 1.85. The highest BCUT2D eigenvalue weighted by atomic mass is 32.2. The Morgan fingerprint density at radius 3 is 2.21 bits per heavy atom. The second kappa shape index (κ2) is 8.98. The molecule has 0 aromatic heterocycles. The molecule has 0 aliphatic heterocycles. The van der Waals surface area contributed by atoms with Gasteiger partial charge in [0.2, 0.25) is 15.9 Å². The highest BCUT2D eigenvalue weighted by Crippen LogP contribution is 2.16. The summed E-state index contributed by atoms with van der Waals surface area (Å²) in [6, 6.07) is 19.8. The molecule has 0 saturated heterocycles. The first-order valence-electron chi connectivity index (χ1n) is 9.03. The van der Waals surface area contributed by atoms with Crippen molar-refractivity contribution in [3.63, 3.8) is 0 Å². The average molecular weight is 412 g/mol. The van der Waals surface area contributed by atoms with Crippen molar-refractivity contribution in [2.75, 3.05) is 5.32 Å². The van der Waals surface area contributed by atoms with E-state index in [1.165, 1.54) is 0 Å². The number of nitrogens with one attached hydrogen (secondary N) is 2. The van der Waals surface area contributed by atoms with Gasteiger partial charge in [-0.3, -0.25) is 4.79 Å². The molecule has 0 heterocycles. The van der Waals surface area contributed by atoms with Crippen molar-refractivity contribution >= 4 is 21.6 Å². The number of hydrogen-bond acceptors (Lipinski definition) is 3. The topological polar surface area (TPSA) is 75.3 Å². The smallest absolute Gasteiger partial charge is 0.242 e. The maximum Gasteiger partial charge on any atom is 0.242 e. The third kappa shape index (κ3) is 5.49. The number of para-hydroxylation sites is 1. The highest BCUT2D eigenvalue weighted by Gasteiger charge is 2.26. The molecule has 0 bridgehead atoms. The van der Waals surface area contributed by atoms with Crippen LogP contribution in [0, 0.1) is 12.7 Å². The maximum absolute atomic E-state index is 13.2. The van der Waals surface area contributed by atoms with E-state index in [2.05, 4.69) is 10.0 Å². The van der Waals surface area contributed by atoms with E-state index in [-0.39, 0.29) is 11.3 Å². The minimum absolute atomic E-state index is 0.111. The van der Waals surface area contributed by atoms with E-state index < -0.39 is 27.8 Å². The molecule has 0 radical (unpaired) electrons. The molecule has 7 heteroatoms. The number of hydrogen-bond donors (Lipinski definition) is 2. The van der Waals surface area contributed by atoms with Gasteiger partial charge < -0.3 is 5.32 Å². The number of carbonyl (C=O) groups is 1. The van der Waals surface area contributed by atoms with Gasteiger partial charge in [-0.1, -0.05) is 48.5 Å². The molecule has 1 amide bonds. The molecule has 1 atom stereocenters. The second-order valence-electron chi connectivity index (χ2n) is 6.62. The van der Waals surface area contributed by atoms with Gasteiger partial charge in [-0.05, 0) is 54.8 Å². The minimum atomic E-state index is -4.02. The number of carbonyl (C=O) groups excluding carboxylic acids is 1. The lowest BCUT2D eigenvalue weighted by molar-refractivity contribution is -0.117. The molecule has 3 aromatic carbocycles. The number of aryl methyl sites for hydroxylation is 1. The van der Waals surface area contributed by atoms with Crippen LogP contribution in [0.4, 0.5) is 10.1 Å². The van der Waals surface area contributed by atoms with Gasteiger partial charge in [0.1, 0.15) is 11.9 Å². The summed E-state index contributed by atoms with van der Waals surface area (Å²) in [5, 5.41) is 2.79. The maximum atomic E-state index is 13.2. The SMILES string of the molecule is Cc1ccccc1NC(=O)C(Cc1ccccc1)NS(=O)(=O)c1ccc(F)cc1. The fourth-order valence-corrected chi connectivity index (χ4v) is 4.04. The van der Waals surface area contributed by atoms with E-state index in [0.717, 1.165) is 35.4 Å². The largest absolute Gasteiger partial charge is 0.324 e. The predicted molar refractivity (Wildman–Crippen MR) is 110 cm³/mol. The Morgan fingerprint density at radius 1 is 0.931 bits per heavy atom. The quantitative estimate of drug-likeness (QED) is 0.622. The molecule has 150 valence electrons. The first-order chi connectivity index (χ1) is 13.8. The summed E-state index contributed by atoms with van der Waals surface area (Å²) in [6.07, 6.45) is 0.166. The monoisotopic (exact) mass is 412 g/mol. The Hall–Kier alpha value is -3.03. The number of amides is 1. The van der Waals surface area contributed by atoms with Crippen molar-refractivity contribution < 1.29 is 17.6 Å². The number of rotatable bonds is 7. The van der Waals surface area contributed by atoms with Gasteiger partial charge in [0.15, 0.2) is 0 Å². The molecule has 2 N–H and O–H groups in total. The van der Waals surface area contributed by atoms with Crippen molar-refractivity contribution in [3.8, 4) is 0 Å². The predicted octanol–water partition coefficient (Wildman–Crippen LogP) is 3.66. The van der Waals surface area contributed by atoms with E-state index in [9.17, 15) is 17.6 Å². The van der Waals surface area contributed by atoms with Crippen molar-refractivity contribution in [2.24, 2.45) is 0 Å². The lowest BCUT2D eigenvalue weighted by atomic mass is 10.1. The molecule has 1 unspecified atom stereocenters. The van der Waals surface area contributed by atoms with E-state index in [1.807, 2.05) is 49.4 Å². The van der Waals surface area contributed by atoms with E-state index in [1.54, 1.807) is 12.1 Å². The van der Waals surface area contributed by atoms with E-state index in [0.29, 0.717) is 5.69 Å². The standard InChI is InChI=1S/C22H21FN2O3S/c1-16-7-5-6-10-20(16)24-22(26)21(15-17-8-3-2-4-9-17)25-29(27,28)19-13-11-18(23)12-14-19/h2-14,21,25H,15H2,1H3,(H,24,26). The van der Waals surface area contributed by atoms with Crippen LogP contribution < -0.4 is 10.0 Å². The average Bonchev–Trinajstić information content (AvgIpc) is 2.70. The Labute approximate surface area is 169 Å². The highest BCUT2D eigenvalue weighted by molar-refractivity contribution is 7.89. The van der Waals surface area contributed by atoms with E-state index >= 15 is 0 Å². The summed E-state index contributed by atoms with van der Waals surface area (Å²) >= 11 is 0. The first kappa shape index (κ1) is 20.7. The Balaban J connectivity index is 1.87. The number of sulfonamides is 1. The molecule has 0 fully saturated rings. The molecule has 0 aliphatic rings. The Kier molecular flexibility index (Phi) is 6.41. The molecule has 29 heavy (non-hydrogen) atoms. The molecular formula is C22H21FN2O3S. The molecule has 3 aromatic rings. The third-order valence-electron chi connectivity index (χ3n) is 4.42. The summed E-state index contributed by atoms with van der Waals surface area (Å²) < 4.78 is 41.1. The summed E-state index contributed by atoms with van der Waals surface area (Å²) in [4.78, 5) is 12.8. The molecular weight excluding hydrogens is 391 g/mol.